The van der Waals surface area contributed by atoms with Gasteiger partial charge in [-0.25, -0.2) is 9.59 Å². The lowest BCUT2D eigenvalue weighted by atomic mass is 10.2. The third-order valence-electron chi connectivity index (χ3n) is 3.24. The van der Waals surface area contributed by atoms with Gasteiger partial charge in [0, 0.05) is 15.5 Å². The van der Waals surface area contributed by atoms with Crippen molar-refractivity contribution in [3.05, 3.63) is 47.5 Å². The predicted molar refractivity (Wildman–Crippen MR) is 90.7 cm³/mol. The number of hydrogen-bond acceptors (Lipinski definition) is 7. The van der Waals surface area contributed by atoms with E-state index in [1.807, 2.05) is 0 Å². The first kappa shape index (κ1) is 17.7. The zero-order valence-corrected chi connectivity index (χ0v) is 14.3. The minimum atomic E-state index is -0.463. The van der Waals surface area contributed by atoms with Crippen molar-refractivity contribution < 1.29 is 23.8 Å². The highest BCUT2D eigenvalue weighted by Crippen LogP contribution is 2.36. The average molecular weight is 347 g/mol. The Hall–Kier alpha value is -2.67. The van der Waals surface area contributed by atoms with Crippen molar-refractivity contribution in [2.45, 2.75) is 9.79 Å². The summed E-state index contributed by atoms with van der Waals surface area (Å²) in [6, 6.07) is 9.89. The number of benzene rings is 2. The number of nitrogens with two attached hydrogens (primary N) is 1. The molecule has 0 aliphatic heterocycles. The zero-order valence-electron chi connectivity index (χ0n) is 13.5. The summed E-state index contributed by atoms with van der Waals surface area (Å²) < 4.78 is 14.7. The van der Waals surface area contributed by atoms with Crippen molar-refractivity contribution in [1.82, 2.24) is 0 Å². The van der Waals surface area contributed by atoms with Crippen LogP contribution < -0.4 is 10.5 Å². The van der Waals surface area contributed by atoms with Gasteiger partial charge in [-0.05, 0) is 36.4 Å². The highest BCUT2D eigenvalue weighted by Gasteiger charge is 2.16. The lowest BCUT2D eigenvalue weighted by Gasteiger charge is -2.11. The molecule has 2 rings (SSSR count). The van der Waals surface area contributed by atoms with Crippen molar-refractivity contribution in [2.24, 2.45) is 0 Å². The van der Waals surface area contributed by atoms with E-state index in [0.717, 1.165) is 0 Å². The Bertz CT molecular complexity index is 776. The van der Waals surface area contributed by atoms with E-state index in [-0.39, 0.29) is 0 Å². The highest BCUT2D eigenvalue weighted by atomic mass is 32.2. The van der Waals surface area contributed by atoms with Crippen molar-refractivity contribution in [2.75, 3.05) is 27.1 Å². The molecule has 0 spiro atoms. The number of esters is 2. The van der Waals surface area contributed by atoms with Crippen LogP contribution in [-0.4, -0.2) is 33.3 Å². The van der Waals surface area contributed by atoms with E-state index in [1.54, 1.807) is 37.4 Å². The molecule has 0 heterocycles. The van der Waals surface area contributed by atoms with E-state index in [2.05, 4.69) is 4.74 Å². The second kappa shape index (κ2) is 7.74. The predicted octanol–water partition coefficient (Wildman–Crippen LogP) is 3.00. The Labute approximate surface area is 143 Å². The van der Waals surface area contributed by atoms with Crippen molar-refractivity contribution in [3.63, 3.8) is 0 Å². The third kappa shape index (κ3) is 3.80. The molecule has 6 nitrogen and oxygen atoms in total. The minimum absolute atomic E-state index is 0.359. The number of methoxy groups -OCH3 is 3. The molecule has 0 aliphatic rings. The van der Waals surface area contributed by atoms with Gasteiger partial charge in [0.15, 0.2) is 0 Å². The summed E-state index contributed by atoms with van der Waals surface area (Å²) in [7, 11) is 4.17. The van der Waals surface area contributed by atoms with Crippen LogP contribution in [0.4, 0.5) is 5.69 Å². The molecule has 0 saturated heterocycles. The van der Waals surface area contributed by atoms with Crippen LogP contribution in [0.2, 0.25) is 0 Å². The highest BCUT2D eigenvalue weighted by molar-refractivity contribution is 7.99. The Morgan fingerprint density at radius 3 is 2.21 bits per heavy atom. The molecule has 0 radical (unpaired) electrons. The molecule has 2 aromatic rings. The molecule has 2 aromatic carbocycles. The van der Waals surface area contributed by atoms with Crippen LogP contribution in [0.15, 0.2) is 46.2 Å². The first-order valence-corrected chi connectivity index (χ1v) is 7.73. The Balaban J connectivity index is 2.39. The molecule has 0 aliphatic carbocycles. The summed E-state index contributed by atoms with van der Waals surface area (Å²) in [5.74, 6) is -0.310. The fraction of sp³-hybridized carbons (Fsp3) is 0.176. The van der Waals surface area contributed by atoms with Crippen molar-refractivity contribution in [1.29, 1.82) is 0 Å². The van der Waals surface area contributed by atoms with Gasteiger partial charge in [-0.2, -0.15) is 0 Å². The second-order valence-corrected chi connectivity index (χ2v) is 5.78. The number of carbonyl (C=O) groups is 2. The zero-order chi connectivity index (χ0) is 17.7. The molecule has 7 heteroatoms. The van der Waals surface area contributed by atoms with E-state index in [0.29, 0.717) is 32.4 Å². The Morgan fingerprint density at radius 2 is 1.62 bits per heavy atom. The van der Waals surface area contributed by atoms with E-state index in [9.17, 15) is 9.59 Å². The fourth-order valence-corrected chi connectivity index (χ4v) is 2.98. The Kier molecular flexibility index (Phi) is 5.70. The average Bonchev–Trinajstić information content (AvgIpc) is 2.61. The Morgan fingerprint density at radius 1 is 0.917 bits per heavy atom. The quantitative estimate of drug-likeness (QED) is 0.657. The van der Waals surface area contributed by atoms with Crippen LogP contribution >= 0.6 is 11.8 Å². The monoisotopic (exact) mass is 347 g/mol. The van der Waals surface area contributed by atoms with Crippen LogP contribution in [0.3, 0.4) is 0 Å². The SMILES string of the molecule is COC(=O)c1ccc(Sc2cc(OC)ccc2C(=O)OC)c(N)c1. The molecular formula is C17H17NO5S. The molecule has 126 valence electrons. The van der Waals surface area contributed by atoms with Crippen LogP contribution in [0.5, 0.6) is 5.75 Å². The molecular weight excluding hydrogens is 330 g/mol. The minimum Gasteiger partial charge on any atom is -0.497 e. The third-order valence-corrected chi connectivity index (χ3v) is 4.39. The maximum atomic E-state index is 11.9. The van der Waals surface area contributed by atoms with Crippen LogP contribution in [-0.2, 0) is 9.47 Å². The maximum Gasteiger partial charge on any atom is 0.339 e. The van der Waals surface area contributed by atoms with Gasteiger partial charge < -0.3 is 19.9 Å². The maximum absolute atomic E-state index is 11.9. The number of nitrogen functional groups attached to an aromatic ring is 1. The normalized spacial score (nSPS) is 10.1. The van der Waals surface area contributed by atoms with Crippen molar-refractivity contribution in [3.8, 4) is 5.75 Å². The van der Waals surface area contributed by atoms with Gasteiger partial charge in [0.1, 0.15) is 5.75 Å². The summed E-state index contributed by atoms with van der Waals surface area (Å²) in [6.45, 7) is 0. The van der Waals surface area contributed by atoms with E-state index in [4.69, 9.17) is 15.2 Å². The molecule has 0 saturated carbocycles. The molecule has 0 bridgehead atoms. The van der Waals surface area contributed by atoms with Crippen molar-refractivity contribution >= 4 is 29.4 Å². The van der Waals surface area contributed by atoms with Gasteiger partial charge in [0.25, 0.3) is 0 Å². The molecule has 0 aromatic heterocycles. The summed E-state index contributed by atoms with van der Waals surface area (Å²) in [5.41, 5.74) is 7.18. The topological polar surface area (TPSA) is 87.8 Å². The molecule has 0 atom stereocenters. The molecule has 0 fully saturated rings. The standard InChI is InChI=1S/C17H17NO5S/c1-21-11-5-6-12(17(20)23-3)15(9-11)24-14-7-4-10(8-13(14)18)16(19)22-2/h4-9H,18H2,1-3H3. The summed E-state index contributed by atoms with van der Waals surface area (Å²) in [5, 5.41) is 0. The molecule has 24 heavy (non-hydrogen) atoms. The number of hydrogen-bond donors (Lipinski definition) is 1. The first-order valence-electron chi connectivity index (χ1n) is 6.92. The van der Waals surface area contributed by atoms with Gasteiger partial charge in [0.05, 0.1) is 32.5 Å². The molecule has 2 N–H and O–H groups in total. The fourth-order valence-electron chi connectivity index (χ4n) is 2.00. The van der Waals surface area contributed by atoms with Gasteiger partial charge >= 0.3 is 11.9 Å². The van der Waals surface area contributed by atoms with Gasteiger partial charge in [-0.3, -0.25) is 0 Å². The number of carbonyl (C=O) groups excluding carboxylic acids is 2. The number of ether oxygens (including phenoxy) is 3. The smallest absolute Gasteiger partial charge is 0.339 e. The first-order chi connectivity index (χ1) is 11.5. The largest absolute Gasteiger partial charge is 0.497 e. The van der Waals surface area contributed by atoms with E-state index < -0.39 is 11.9 Å². The lowest BCUT2D eigenvalue weighted by Crippen LogP contribution is -2.04. The van der Waals surface area contributed by atoms with Gasteiger partial charge in [-0.15, -0.1) is 0 Å². The molecule has 0 unspecified atom stereocenters. The van der Waals surface area contributed by atoms with Crippen LogP contribution in [0.1, 0.15) is 20.7 Å². The number of anilines is 1. The van der Waals surface area contributed by atoms with E-state index >= 15 is 0 Å². The summed E-state index contributed by atoms with van der Waals surface area (Å²) in [4.78, 5) is 24.8. The lowest BCUT2D eigenvalue weighted by molar-refractivity contribution is 0.0589. The van der Waals surface area contributed by atoms with Crippen LogP contribution in [0, 0.1) is 0 Å². The van der Waals surface area contributed by atoms with Gasteiger partial charge in [-0.1, -0.05) is 11.8 Å². The van der Waals surface area contributed by atoms with Gasteiger partial charge in [0.2, 0.25) is 0 Å². The number of rotatable bonds is 5. The molecule has 0 amide bonds. The summed E-state index contributed by atoms with van der Waals surface area (Å²) in [6.07, 6.45) is 0. The van der Waals surface area contributed by atoms with Crippen LogP contribution in [0.25, 0.3) is 0 Å². The summed E-state index contributed by atoms with van der Waals surface area (Å²) >= 11 is 1.28. The second-order valence-electron chi connectivity index (χ2n) is 4.70. The van der Waals surface area contributed by atoms with E-state index in [1.165, 1.54) is 32.0 Å².